The maximum atomic E-state index is 13.2. The summed E-state index contributed by atoms with van der Waals surface area (Å²) in [6, 6.07) is 1.37. The third-order valence-electron chi connectivity index (χ3n) is 4.19. The van der Waals surface area contributed by atoms with Crippen molar-refractivity contribution in [1.29, 1.82) is 0 Å². The molecule has 1 aromatic rings. The molecule has 5 nitrogen and oxygen atoms in total. The zero-order valence-electron chi connectivity index (χ0n) is 13.2. The first kappa shape index (κ1) is 18.5. The van der Waals surface area contributed by atoms with Crippen LogP contribution < -0.4 is 5.32 Å². The topological polar surface area (TPSA) is 75.4 Å². The van der Waals surface area contributed by atoms with Gasteiger partial charge >= 0.3 is 0 Å². The largest absolute Gasteiger partial charge is 0.432 e. The third-order valence-corrected chi connectivity index (χ3v) is 7.75. The summed E-state index contributed by atoms with van der Waals surface area (Å²) in [7, 11) is -2.30. The standard InChI is InChI=1S/C14H22F2N2O3Si/c1-14(2,22(3,4)21)6-5-7-17-12-8-10(15)11(16)9-13(12)18(19)20/h8-9,17,21H,5-7H2,1-4H3. The van der Waals surface area contributed by atoms with Crippen molar-refractivity contribution in [2.45, 2.75) is 44.8 Å². The average molecular weight is 332 g/mol. The lowest BCUT2D eigenvalue weighted by atomic mass is 10.1. The normalized spacial score (nSPS) is 12.3. The summed E-state index contributed by atoms with van der Waals surface area (Å²) in [5, 5.41) is 13.4. The fraction of sp³-hybridized carbons (Fsp3) is 0.571. The molecule has 0 unspecified atom stereocenters. The molecule has 1 rings (SSSR count). The number of nitro benzene ring substituents is 1. The lowest BCUT2D eigenvalue weighted by Crippen LogP contribution is -2.39. The fourth-order valence-corrected chi connectivity index (χ4v) is 2.68. The molecule has 0 aliphatic carbocycles. The third kappa shape index (κ3) is 4.47. The zero-order valence-corrected chi connectivity index (χ0v) is 14.2. The summed E-state index contributed by atoms with van der Waals surface area (Å²) in [4.78, 5) is 20.3. The van der Waals surface area contributed by atoms with Crippen molar-refractivity contribution >= 4 is 19.7 Å². The molecule has 0 bridgehead atoms. The first-order valence-electron chi connectivity index (χ1n) is 7.05. The number of nitrogens with zero attached hydrogens (tertiary/aromatic N) is 1. The van der Waals surface area contributed by atoms with Crippen LogP contribution >= 0.6 is 0 Å². The van der Waals surface area contributed by atoms with Gasteiger partial charge in [-0.1, -0.05) is 13.8 Å². The summed E-state index contributed by atoms with van der Waals surface area (Å²) in [5.41, 5.74) is -0.530. The monoisotopic (exact) mass is 332 g/mol. The Morgan fingerprint density at radius 3 is 2.36 bits per heavy atom. The number of hydrogen-bond donors (Lipinski definition) is 2. The van der Waals surface area contributed by atoms with Crippen molar-refractivity contribution in [3.05, 3.63) is 33.9 Å². The van der Waals surface area contributed by atoms with E-state index >= 15 is 0 Å². The predicted octanol–water partition coefficient (Wildman–Crippen LogP) is 4.04. The van der Waals surface area contributed by atoms with Gasteiger partial charge < -0.3 is 10.1 Å². The lowest BCUT2D eigenvalue weighted by Gasteiger charge is -2.35. The van der Waals surface area contributed by atoms with E-state index in [2.05, 4.69) is 5.32 Å². The molecule has 0 fully saturated rings. The van der Waals surface area contributed by atoms with Crippen LogP contribution in [0, 0.1) is 21.7 Å². The Labute approximate surface area is 129 Å². The van der Waals surface area contributed by atoms with Gasteiger partial charge in [0.05, 0.1) is 11.0 Å². The van der Waals surface area contributed by atoms with E-state index in [1.165, 1.54) is 0 Å². The minimum atomic E-state index is -2.30. The molecule has 1 aromatic carbocycles. The second-order valence-corrected chi connectivity index (χ2v) is 11.0. The number of rotatable bonds is 7. The van der Waals surface area contributed by atoms with E-state index < -0.39 is 30.6 Å². The van der Waals surface area contributed by atoms with Gasteiger partial charge in [-0.05, 0) is 31.0 Å². The Hall–Kier alpha value is -1.54. The molecule has 0 atom stereocenters. The first-order chi connectivity index (χ1) is 9.95. The molecule has 0 radical (unpaired) electrons. The molecule has 0 aliphatic rings. The molecule has 0 saturated carbocycles. The number of anilines is 1. The van der Waals surface area contributed by atoms with Gasteiger partial charge in [-0.2, -0.15) is 0 Å². The van der Waals surface area contributed by atoms with Crippen molar-refractivity contribution in [2.75, 3.05) is 11.9 Å². The second-order valence-electron chi connectivity index (χ2n) is 6.51. The number of nitrogens with one attached hydrogen (secondary N) is 1. The van der Waals surface area contributed by atoms with Gasteiger partial charge in [-0.3, -0.25) is 10.1 Å². The van der Waals surface area contributed by atoms with Crippen LogP contribution in [0.5, 0.6) is 0 Å². The van der Waals surface area contributed by atoms with E-state index in [4.69, 9.17) is 0 Å². The highest BCUT2D eigenvalue weighted by Gasteiger charge is 2.37. The fourth-order valence-electron chi connectivity index (χ4n) is 1.89. The van der Waals surface area contributed by atoms with Crippen LogP contribution in [0.15, 0.2) is 12.1 Å². The number of nitro groups is 1. The molecule has 0 aliphatic heterocycles. The maximum Gasteiger partial charge on any atom is 0.295 e. The van der Waals surface area contributed by atoms with E-state index in [1.807, 2.05) is 26.9 Å². The Morgan fingerprint density at radius 1 is 1.32 bits per heavy atom. The molecular weight excluding hydrogens is 310 g/mol. The van der Waals surface area contributed by atoms with Gasteiger partial charge in [-0.15, -0.1) is 0 Å². The summed E-state index contributed by atoms with van der Waals surface area (Å²) >= 11 is 0. The highest BCUT2D eigenvalue weighted by atomic mass is 28.4. The Morgan fingerprint density at radius 2 is 1.86 bits per heavy atom. The van der Waals surface area contributed by atoms with Crippen LogP contribution in [0.2, 0.25) is 18.1 Å². The minimum absolute atomic E-state index is 0.0396. The molecule has 0 amide bonds. The molecule has 124 valence electrons. The van der Waals surface area contributed by atoms with Crippen molar-refractivity contribution in [1.82, 2.24) is 0 Å². The van der Waals surface area contributed by atoms with Crippen LogP contribution in [-0.4, -0.2) is 24.6 Å². The quantitative estimate of drug-likeness (QED) is 0.342. The molecule has 0 spiro atoms. The number of benzene rings is 1. The summed E-state index contributed by atoms with van der Waals surface area (Å²) < 4.78 is 26.3. The number of hydrogen-bond acceptors (Lipinski definition) is 4. The molecular formula is C14H22F2N2O3Si. The summed E-state index contributed by atoms with van der Waals surface area (Å²) in [5.74, 6) is -2.37. The van der Waals surface area contributed by atoms with E-state index in [-0.39, 0.29) is 10.7 Å². The molecule has 0 heterocycles. The maximum absolute atomic E-state index is 13.2. The van der Waals surface area contributed by atoms with Crippen LogP contribution in [-0.2, 0) is 0 Å². The molecule has 0 aromatic heterocycles. The van der Waals surface area contributed by atoms with Gasteiger partial charge in [0.25, 0.3) is 5.69 Å². The highest BCUT2D eigenvalue weighted by molar-refractivity contribution is 6.72. The van der Waals surface area contributed by atoms with Gasteiger partial charge in [0.2, 0.25) is 0 Å². The average Bonchev–Trinajstić information content (AvgIpc) is 2.36. The van der Waals surface area contributed by atoms with Crippen molar-refractivity contribution < 1.29 is 18.5 Å². The van der Waals surface area contributed by atoms with E-state index in [0.29, 0.717) is 19.0 Å². The van der Waals surface area contributed by atoms with Gasteiger partial charge in [0.1, 0.15) is 5.69 Å². The van der Waals surface area contributed by atoms with Crippen LogP contribution in [0.4, 0.5) is 20.2 Å². The summed E-state index contributed by atoms with van der Waals surface area (Å²) in [6.07, 6.45) is 1.38. The second kappa shape index (κ2) is 6.70. The molecule has 0 saturated heterocycles. The first-order valence-corrected chi connectivity index (χ1v) is 10.00. The van der Waals surface area contributed by atoms with Crippen molar-refractivity contribution in [3.63, 3.8) is 0 Å². The van der Waals surface area contributed by atoms with Crippen LogP contribution in [0.3, 0.4) is 0 Å². The van der Waals surface area contributed by atoms with Gasteiger partial charge in [-0.25, -0.2) is 8.78 Å². The van der Waals surface area contributed by atoms with Crippen LogP contribution in [0.1, 0.15) is 26.7 Å². The molecule has 2 N–H and O–H groups in total. The van der Waals surface area contributed by atoms with Crippen molar-refractivity contribution in [2.24, 2.45) is 0 Å². The van der Waals surface area contributed by atoms with Gasteiger partial charge in [0, 0.05) is 12.6 Å². The molecule has 8 heteroatoms. The Balaban J connectivity index is 2.70. The smallest absolute Gasteiger partial charge is 0.295 e. The SMILES string of the molecule is CC(C)(CCCNc1cc(F)c(F)cc1[N+](=O)[O-])[Si](C)(C)O. The van der Waals surface area contributed by atoms with E-state index in [1.54, 1.807) is 0 Å². The van der Waals surface area contributed by atoms with E-state index in [0.717, 1.165) is 12.5 Å². The van der Waals surface area contributed by atoms with Gasteiger partial charge in [0.15, 0.2) is 20.0 Å². The van der Waals surface area contributed by atoms with E-state index in [9.17, 15) is 23.7 Å². The highest BCUT2D eigenvalue weighted by Crippen LogP contribution is 2.39. The minimum Gasteiger partial charge on any atom is -0.432 e. The predicted molar refractivity (Wildman–Crippen MR) is 84.5 cm³/mol. The van der Waals surface area contributed by atoms with Crippen molar-refractivity contribution in [3.8, 4) is 0 Å². The number of halogens is 2. The Bertz CT molecular complexity index is 560. The molecule has 22 heavy (non-hydrogen) atoms. The lowest BCUT2D eigenvalue weighted by molar-refractivity contribution is -0.384. The van der Waals surface area contributed by atoms with Crippen LogP contribution in [0.25, 0.3) is 0 Å². The zero-order chi connectivity index (χ0) is 17.1. The Kier molecular flexibility index (Phi) is 5.63. The summed E-state index contributed by atoms with van der Waals surface area (Å²) in [6.45, 7) is 8.07.